The molecular weight excluding hydrogens is 286 g/mol. The van der Waals surface area contributed by atoms with Crippen LogP contribution in [0.15, 0.2) is 21.7 Å². The van der Waals surface area contributed by atoms with E-state index >= 15 is 0 Å². The lowest BCUT2D eigenvalue weighted by Crippen LogP contribution is -2.33. The molecule has 1 heterocycles. The van der Waals surface area contributed by atoms with Gasteiger partial charge in [0, 0.05) is 25.7 Å². The van der Waals surface area contributed by atoms with E-state index in [0.29, 0.717) is 11.0 Å². The maximum atomic E-state index is 5.72. The van der Waals surface area contributed by atoms with Crippen molar-refractivity contribution in [2.45, 2.75) is 32.6 Å². The highest BCUT2D eigenvalue weighted by Gasteiger charge is 2.36. The molecule has 1 saturated carbocycles. The maximum absolute atomic E-state index is 5.72. The molecule has 116 valence electrons. The minimum absolute atomic E-state index is 0.505. The summed E-state index contributed by atoms with van der Waals surface area (Å²) in [7, 11) is 0. The number of hydrazone groups is 1. The Hall–Kier alpha value is -1.40. The number of hydrogen-bond acceptors (Lipinski definition) is 4. The van der Waals surface area contributed by atoms with Crippen LogP contribution in [0.4, 0.5) is 0 Å². The molecule has 5 nitrogen and oxygen atoms in total. The maximum Gasteiger partial charge on any atom is 0.186 e. The predicted molar refractivity (Wildman–Crippen MR) is 87.7 cm³/mol. The first-order valence-corrected chi connectivity index (χ1v) is 7.86. The van der Waals surface area contributed by atoms with Crippen LogP contribution in [0.1, 0.15) is 44.1 Å². The Balaban J connectivity index is 1.63. The van der Waals surface area contributed by atoms with E-state index in [9.17, 15) is 0 Å². The van der Waals surface area contributed by atoms with Gasteiger partial charge in [-0.1, -0.05) is 6.92 Å². The van der Waals surface area contributed by atoms with Gasteiger partial charge in [-0.15, -0.1) is 0 Å². The monoisotopic (exact) mass is 309 g/mol. The first-order valence-electron chi connectivity index (χ1n) is 7.45. The van der Waals surface area contributed by atoms with E-state index in [2.05, 4.69) is 22.8 Å². The number of nitrogens with zero attached hydrogens (tertiary/aromatic N) is 1. The highest BCUT2D eigenvalue weighted by atomic mass is 32.1. The van der Waals surface area contributed by atoms with Crippen molar-refractivity contribution in [3.05, 3.63) is 23.7 Å². The molecule has 1 aromatic heterocycles. The molecule has 1 aromatic rings. The highest BCUT2D eigenvalue weighted by Crippen LogP contribution is 2.47. The molecule has 2 atom stereocenters. The third-order valence-electron chi connectivity index (χ3n) is 3.44. The van der Waals surface area contributed by atoms with Crippen molar-refractivity contribution in [3.63, 3.8) is 0 Å². The standard InChI is InChI=1S/C15H23N3O2S/c1-3-19-8-4-7-16-15(21)18-17-10-12-5-6-14(20-12)13-9-11(13)2/h5-6,10-11,13H,3-4,7-9H2,1-2H3,(H2,16,18,21)/b17-10-/t11-,13+/m1/s1. The van der Waals surface area contributed by atoms with Crippen molar-refractivity contribution in [1.29, 1.82) is 0 Å². The lowest BCUT2D eigenvalue weighted by molar-refractivity contribution is 0.145. The van der Waals surface area contributed by atoms with Crippen LogP contribution in [-0.4, -0.2) is 31.1 Å². The zero-order valence-electron chi connectivity index (χ0n) is 12.6. The zero-order valence-corrected chi connectivity index (χ0v) is 13.4. The zero-order chi connectivity index (χ0) is 15.1. The molecule has 1 fully saturated rings. The summed E-state index contributed by atoms with van der Waals surface area (Å²) in [5, 5.41) is 7.63. The highest BCUT2D eigenvalue weighted by molar-refractivity contribution is 7.80. The molecular formula is C15H23N3O2S. The second-order valence-electron chi connectivity index (χ2n) is 5.24. The molecule has 0 radical (unpaired) electrons. The second kappa shape index (κ2) is 8.14. The van der Waals surface area contributed by atoms with Gasteiger partial charge in [0.15, 0.2) is 5.11 Å². The van der Waals surface area contributed by atoms with Crippen molar-refractivity contribution in [2.24, 2.45) is 11.0 Å². The SMILES string of the molecule is CCOCCCNC(=S)N/N=C\c1ccc([C@H]2C[C@H]2C)o1. The van der Waals surface area contributed by atoms with Gasteiger partial charge >= 0.3 is 0 Å². The van der Waals surface area contributed by atoms with Crippen molar-refractivity contribution < 1.29 is 9.15 Å². The number of thiocarbonyl (C=S) groups is 1. The van der Waals surface area contributed by atoms with Crippen LogP contribution in [-0.2, 0) is 4.74 Å². The summed E-state index contributed by atoms with van der Waals surface area (Å²) in [6.07, 6.45) is 3.78. The average Bonchev–Trinajstić information content (AvgIpc) is 3.00. The van der Waals surface area contributed by atoms with Crippen molar-refractivity contribution in [3.8, 4) is 0 Å². The minimum Gasteiger partial charge on any atom is -0.460 e. The van der Waals surface area contributed by atoms with E-state index in [1.54, 1.807) is 6.21 Å². The van der Waals surface area contributed by atoms with Gasteiger partial charge in [-0.25, -0.2) is 0 Å². The predicted octanol–water partition coefficient (Wildman–Crippen LogP) is 2.63. The molecule has 2 rings (SSSR count). The van der Waals surface area contributed by atoms with Gasteiger partial charge in [0.05, 0.1) is 6.21 Å². The summed E-state index contributed by atoms with van der Waals surface area (Å²) in [6, 6.07) is 3.96. The van der Waals surface area contributed by atoms with Gasteiger partial charge in [0.25, 0.3) is 0 Å². The van der Waals surface area contributed by atoms with Crippen LogP contribution in [0.5, 0.6) is 0 Å². The molecule has 0 aromatic carbocycles. The van der Waals surface area contributed by atoms with Gasteiger partial charge < -0.3 is 14.5 Å². The molecule has 0 amide bonds. The van der Waals surface area contributed by atoms with E-state index in [-0.39, 0.29) is 0 Å². The minimum atomic E-state index is 0.505. The Labute approximate surface area is 131 Å². The number of ether oxygens (including phenoxy) is 1. The molecule has 0 aliphatic heterocycles. The van der Waals surface area contributed by atoms with Gasteiger partial charge in [-0.05, 0) is 50.0 Å². The molecule has 1 aliphatic rings. The summed E-state index contributed by atoms with van der Waals surface area (Å²) in [5.41, 5.74) is 2.77. The summed E-state index contributed by atoms with van der Waals surface area (Å²) in [5.74, 6) is 3.14. The lowest BCUT2D eigenvalue weighted by atomic mass is 10.3. The van der Waals surface area contributed by atoms with Crippen molar-refractivity contribution >= 4 is 23.5 Å². The first-order chi connectivity index (χ1) is 10.2. The Morgan fingerprint density at radius 2 is 2.38 bits per heavy atom. The average molecular weight is 309 g/mol. The third kappa shape index (κ3) is 5.47. The van der Waals surface area contributed by atoms with Gasteiger partial charge in [-0.3, -0.25) is 5.43 Å². The van der Waals surface area contributed by atoms with Crippen LogP contribution in [0, 0.1) is 5.92 Å². The number of hydrogen-bond donors (Lipinski definition) is 2. The van der Waals surface area contributed by atoms with E-state index in [0.717, 1.165) is 43.6 Å². The smallest absolute Gasteiger partial charge is 0.186 e. The Kier molecular flexibility index (Phi) is 6.20. The quantitative estimate of drug-likeness (QED) is 0.334. The fourth-order valence-corrected chi connectivity index (χ4v) is 2.22. The summed E-state index contributed by atoms with van der Waals surface area (Å²) < 4.78 is 11.0. The van der Waals surface area contributed by atoms with E-state index in [1.807, 2.05) is 19.1 Å². The fourth-order valence-electron chi connectivity index (χ4n) is 2.07. The number of nitrogens with one attached hydrogen (secondary N) is 2. The Bertz CT molecular complexity index is 487. The number of furan rings is 1. The molecule has 21 heavy (non-hydrogen) atoms. The molecule has 0 bridgehead atoms. The van der Waals surface area contributed by atoms with Crippen LogP contribution >= 0.6 is 12.2 Å². The summed E-state index contributed by atoms with van der Waals surface area (Å²) >= 11 is 5.11. The van der Waals surface area contributed by atoms with Crippen LogP contribution in [0.25, 0.3) is 0 Å². The number of rotatable bonds is 8. The molecule has 2 N–H and O–H groups in total. The van der Waals surface area contributed by atoms with Crippen molar-refractivity contribution in [1.82, 2.24) is 10.7 Å². The van der Waals surface area contributed by atoms with Crippen LogP contribution < -0.4 is 10.7 Å². The van der Waals surface area contributed by atoms with E-state index in [1.165, 1.54) is 6.42 Å². The second-order valence-corrected chi connectivity index (χ2v) is 5.64. The van der Waals surface area contributed by atoms with E-state index in [4.69, 9.17) is 21.4 Å². The summed E-state index contributed by atoms with van der Waals surface area (Å²) in [4.78, 5) is 0. The Morgan fingerprint density at radius 3 is 3.10 bits per heavy atom. The van der Waals surface area contributed by atoms with Gasteiger partial charge in [0.1, 0.15) is 11.5 Å². The lowest BCUT2D eigenvalue weighted by Gasteiger charge is -2.06. The molecule has 0 spiro atoms. The Morgan fingerprint density at radius 1 is 1.57 bits per heavy atom. The third-order valence-corrected chi connectivity index (χ3v) is 3.67. The van der Waals surface area contributed by atoms with Crippen molar-refractivity contribution in [2.75, 3.05) is 19.8 Å². The molecule has 1 aliphatic carbocycles. The van der Waals surface area contributed by atoms with Gasteiger partial charge in [-0.2, -0.15) is 5.10 Å². The van der Waals surface area contributed by atoms with Crippen LogP contribution in [0.2, 0.25) is 0 Å². The van der Waals surface area contributed by atoms with Gasteiger partial charge in [0.2, 0.25) is 0 Å². The normalized spacial score (nSPS) is 20.7. The molecule has 0 unspecified atom stereocenters. The molecule has 0 saturated heterocycles. The fraction of sp³-hybridized carbons (Fsp3) is 0.600. The van der Waals surface area contributed by atoms with E-state index < -0.39 is 0 Å². The summed E-state index contributed by atoms with van der Waals surface area (Å²) in [6.45, 7) is 6.48. The first kappa shape index (κ1) is 16.0. The largest absolute Gasteiger partial charge is 0.460 e. The van der Waals surface area contributed by atoms with Crippen LogP contribution in [0.3, 0.4) is 0 Å². The molecule has 6 heteroatoms. The topological polar surface area (TPSA) is 58.8 Å².